The molecule has 1 atom stereocenters. The lowest BCUT2D eigenvalue weighted by Gasteiger charge is -2.23. The third-order valence-corrected chi connectivity index (χ3v) is 2.70. The molecule has 15 heavy (non-hydrogen) atoms. The molecule has 0 radical (unpaired) electrons. The number of nitrogens with one attached hydrogen (secondary N) is 1. The summed E-state index contributed by atoms with van der Waals surface area (Å²) in [5.41, 5.74) is 1.23. The Morgan fingerprint density at radius 3 is 2.67 bits per heavy atom. The Bertz CT molecular complexity index is 371. The zero-order chi connectivity index (χ0) is 11.1. The molecular weight excluding hydrogens is 203 g/mol. The van der Waals surface area contributed by atoms with Gasteiger partial charge in [-0.15, -0.1) is 0 Å². The van der Waals surface area contributed by atoms with Crippen LogP contribution in [0, 0.1) is 0 Å². The van der Waals surface area contributed by atoms with E-state index in [0.29, 0.717) is 12.6 Å². The van der Waals surface area contributed by atoms with E-state index < -0.39 is 11.7 Å². The van der Waals surface area contributed by atoms with Crippen molar-refractivity contribution in [1.82, 2.24) is 5.32 Å². The smallest absolute Gasteiger partial charge is 0.310 e. The molecule has 82 valence electrons. The largest absolute Gasteiger partial charge is 0.416 e. The summed E-state index contributed by atoms with van der Waals surface area (Å²) >= 11 is 0. The van der Waals surface area contributed by atoms with Crippen molar-refractivity contribution in [1.29, 1.82) is 0 Å². The maximum Gasteiger partial charge on any atom is 0.416 e. The highest BCUT2D eigenvalue weighted by Crippen LogP contribution is 2.31. The minimum absolute atomic E-state index is 0.342. The van der Waals surface area contributed by atoms with Crippen LogP contribution in [0.25, 0.3) is 0 Å². The topological polar surface area (TPSA) is 12.0 Å². The highest BCUT2D eigenvalue weighted by atomic mass is 19.4. The predicted molar refractivity (Wildman–Crippen MR) is 51.4 cm³/mol. The molecule has 0 spiro atoms. The summed E-state index contributed by atoms with van der Waals surface area (Å²) < 4.78 is 37.2. The minimum Gasteiger partial charge on any atom is -0.310 e. The number of alkyl halides is 3. The summed E-state index contributed by atoms with van der Waals surface area (Å²) in [6.07, 6.45) is -3.44. The van der Waals surface area contributed by atoms with Crippen molar-refractivity contribution in [3.8, 4) is 0 Å². The van der Waals surface area contributed by atoms with E-state index in [2.05, 4.69) is 5.32 Å². The fourth-order valence-corrected chi connectivity index (χ4v) is 1.85. The second-order valence-electron chi connectivity index (χ2n) is 3.97. The van der Waals surface area contributed by atoms with Crippen LogP contribution >= 0.6 is 0 Å². The molecule has 1 unspecified atom stereocenters. The van der Waals surface area contributed by atoms with Gasteiger partial charge in [-0.25, -0.2) is 0 Å². The van der Waals surface area contributed by atoms with Crippen LogP contribution in [0.4, 0.5) is 13.2 Å². The van der Waals surface area contributed by atoms with Gasteiger partial charge in [0.2, 0.25) is 0 Å². The van der Waals surface area contributed by atoms with Crippen molar-refractivity contribution in [2.45, 2.75) is 32.1 Å². The first-order valence-corrected chi connectivity index (χ1v) is 4.89. The van der Waals surface area contributed by atoms with Crippen LogP contribution in [-0.4, -0.2) is 6.04 Å². The molecule has 1 heterocycles. The fraction of sp³-hybridized carbons (Fsp3) is 0.455. The Balaban J connectivity index is 2.35. The lowest BCUT2D eigenvalue weighted by atomic mass is 9.95. The van der Waals surface area contributed by atoms with Gasteiger partial charge in [0.25, 0.3) is 0 Å². The maximum absolute atomic E-state index is 12.4. The fourth-order valence-electron chi connectivity index (χ4n) is 1.85. The minimum atomic E-state index is -4.24. The Labute approximate surface area is 86.3 Å². The van der Waals surface area contributed by atoms with E-state index in [0.717, 1.165) is 23.6 Å². The number of hydrogen-bond donors (Lipinski definition) is 1. The third-order valence-electron chi connectivity index (χ3n) is 2.70. The number of halogens is 3. The second kappa shape index (κ2) is 3.52. The monoisotopic (exact) mass is 215 g/mol. The summed E-state index contributed by atoms with van der Waals surface area (Å²) in [5.74, 6) is 0. The quantitative estimate of drug-likeness (QED) is 0.701. The van der Waals surface area contributed by atoms with Gasteiger partial charge < -0.3 is 5.32 Å². The first kappa shape index (κ1) is 10.5. The number of benzene rings is 1. The molecule has 0 aromatic heterocycles. The lowest BCUT2D eigenvalue weighted by molar-refractivity contribution is -0.137. The summed E-state index contributed by atoms with van der Waals surface area (Å²) in [6, 6.07) is 4.34. The van der Waals surface area contributed by atoms with Crippen LogP contribution in [0.3, 0.4) is 0 Å². The van der Waals surface area contributed by atoms with Crippen LogP contribution in [0.1, 0.15) is 23.6 Å². The molecular formula is C11H12F3N. The molecule has 0 bridgehead atoms. The van der Waals surface area contributed by atoms with E-state index in [9.17, 15) is 13.2 Å². The Kier molecular flexibility index (Phi) is 2.46. The van der Waals surface area contributed by atoms with Crippen molar-refractivity contribution >= 4 is 0 Å². The Hall–Kier alpha value is -1.03. The van der Waals surface area contributed by atoms with E-state index in [-0.39, 0.29) is 0 Å². The molecule has 1 nitrogen and oxygen atoms in total. The highest BCUT2D eigenvalue weighted by Gasteiger charge is 2.31. The molecule has 0 aliphatic carbocycles. The van der Waals surface area contributed by atoms with Gasteiger partial charge in [-0.3, -0.25) is 0 Å². The van der Waals surface area contributed by atoms with Crippen molar-refractivity contribution in [3.63, 3.8) is 0 Å². The van der Waals surface area contributed by atoms with Crippen molar-refractivity contribution in [2.24, 2.45) is 0 Å². The van der Waals surface area contributed by atoms with Gasteiger partial charge in [0, 0.05) is 12.6 Å². The predicted octanol–water partition coefficient (Wildman–Crippen LogP) is 2.74. The van der Waals surface area contributed by atoms with E-state index >= 15 is 0 Å². The zero-order valence-corrected chi connectivity index (χ0v) is 8.36. The van der Waals surface area contributed by atoms with E-state index in [4.69, 9.17) is 0 Å². The Morgan fingerprint density at radius 2 is 2.00 bits per heavy atom. The van der Waals surface area contributed by atoms with Gasteiger partial charge >= 0.3 is 6.18 Å². The zero-order valence-electron chi connectivity index (χ0n) is 8.36. The SMILES string of the molecule is CC1Cc2ccc(C(F)(F)F)cc2CN1. The van der Waals surface area contributed by atoms with E-state index in [1.807, 2.05) is 6.92 Å². The normalized spacial score (nSPS) is 21.2. The van der Waals surface area contributed by atoms with Crippen molar-refractivity contribution < 1.29 is 13.2 Å². The van der Waals surface area contributed by atoms with Gasteiger partial charge in [-0.05, 0) is 36.6 Å². The molecule has 0 amide bonds. The van der Waals surface area contributed by atoms with Crippen LogP contribution in [0.15, 0.2) is 18.2 Å². The van der Waals surface area contributed by atoms with Gasteiger partial charge in [-0.1, -0.05) is 6.07 Å². The summed E-state index contributed by atoms with van der Waals surface area (Å²) in [6.45, 7) is 2.56. The Morgan fingerprint density at radius 1 is 1.27 bits per heavy atom. The first-order chi connectivity index (χ1) is 6.97. The third kappa shape index (κ3) is 2.15. The van der Waals surface area contributed by atoms with Crippen molar-refractivity contribution in [3.05, 3.63) is 34.9 Å². The van der Waals surface area contributed by atoms with E-state index in [1.165, 1.54) is 6.07 Å². The van der Waals surface area contributed by atoms with Crippen LogP contribution in [0.2, 0.25) is 0 Å². The average molecular weight is 215 g/mol. The van der Waals surface area contributed by atoms with Gasteiger partial charge in [0.05, 0.1) is 5.56 Å². The molecule has 1 aliphatic rings. The van der Waals surface area contributed by atoms with Gasteiger partial charge in [-0.2, -0.15) is 13.2 Å². The molecule has 1 aliphatic heterocycles. The lowest BCUT2D eigenvalue weighted by Crippen LogP contribution is -2.33. The molecule has 0 saturated carbocycles. The van der Waals surface area contributed by atoms with Crippen LogP contribution in [0.5, 0.6) is 0 Å². The van der Waals surface area contributed by atoms with Crippen LogP contribution < -0.4 is 5.32 Å². The van der Waals surface area contributed by atoms with Crippen LogP contribution in [-0.2, 0) is 19.1 Å². The number of fused-ring (bicyclic) bond motifs is 1. The van der Waals surface area contributed by atoms with Crippen molar-refractivity contribution in [2.75, 3.05) is 0 Å². The average Bonchev–Trinajstić information content (AvgIpc) is 2.15. The summed E-state index contributed by atoms with van der Waals surface area (Å²) in [4.78, 5) is 0. The van der Waals surface area contributed by atoms with E-state index in [1.54, 1.807) is 6.07 Å². The first-order valence-electron chi connectivity index (χ1n) is 4.89. The van der Waals surface area contributed by atoms with Gasteiger partial charge in [0.1, 0.15) is 0 Å². The molecule has 4 heteroatoms. The summed E-state index contributed by atoms with van der Waals surface area (Å²) in [7, 11) is 0. The highest BCUT2D eigenvalue weighted by molar-refractivity contribution is 5.35. The maximum atomic E-state index is 12.4. The van der Waals surface area contributed by atoms with Gasteiger partial charge in [0.15, 0.2) is 0 Å². The molecule has 0 fully saturated rings. The number of hydrogen-bond acceptors (Lipinski definition) is 1. The molecule has 1 aromatic rings. The molecule has 0 saturated heterocycles. The molecule has 1 N–H and O–H groups in total. The number of rotatable bonds is 0. The molecule has 1 aromatic carbocycles. The second-order valence-corrected chi connectivity index (χ2v) is 3.97. The molecule has 2 rings (SSSR count). The summed E-state index contributed by atoms with van der Waals surface area (Å²) in [5, 5.41) is 3.15. The standard InChI is InChI=1S/C11H12F3N/c1-7-4-8-2-3-10(11(12,13)14)5-9(8)6-15-7/h2-3,5,7,15H,4,6H2,1H3.